The molecule has 2 rings (SSSR count). The molecule has 1 unspecified atom stereocenters. The van der Waals surface area contributed by atoms with E-state index in [1.165, 1.54) is 30.4 Å². The molecule has 0 aliphatic heterocycles. The highest BCUT2D eigenvalue weighted by molar-refractivity contribution is 5.71. The number of allylic oxidation sites excluding steroid dienone is 2. The van der Waals surface area contributed by atoms with E-state index in [2.05, 4.69) is 31.2 Å². The monoisotopic (exact) mass is 216 g/mol. The van der Waals surface area contributed by atoms with E-state index in [1.54, 1.807) is 0 Å². The second-order valence-corrected chi connectivity index (χ2v) is 4.54. The van der Waals surface area contributed by atoms with Crippen molar-refractivity contribution in [1.29, 1.82) is 0 Å². The predicted molar refractivity (Wildman–Crippen MR) is 68.6 cm³/mol. The van der Waals surface area contributed by atoms with E-state index in [9.17, 15) is 0 Å². The first-order chi connectivity index (χ1) is 7.81. The number of ether oxygens (including phenoxy) is 1. The number of hydrogen-bond acceptors (Lipinski definition) is 1. The summed E-state index contributed by atoms with van der Waals surface area (Å²) in [5, 5.41) is 0. The van der Waals surface area contributed by atoms with Crippen LogP contribution in [0.5, 0.6) is 5.75 Å². The lowest BCUT2D eigenvalue weighted by molar-refractivity contribution is 0.339. The molecule has 1 aliphatic rings. The summed E-state index contributed by atoms with van der Waals surface area (Å²) in [5.74, 6) is 1.87. The normalized spacial score (nSPS) is 20.4. The van der Waals surface area contributed by atoms with Crippen molar-refractivity contribution in [2.75, 3.05) is 6.61 Å². The molecule has 1 aliphatic carbocycles. The minimum Gasteiger partial charge on any atom is -0.493 e. The number of hydrogen-bond donors (Lipinski definition) is 0. The van der Waals surface area contributed by atoms with E-state index in [0.717, 1.165) is 18.3 Å². The van der Waals surface area contributed by atoms with Gasteiger partial charge in [0.25, 0.3) is 0 Å². The van der Waals surface area contributed by atoms with Crippen LogP contribution >= 0.6 is 0 Å². The van der Waals surface area contributed by atoms with Gasteiger partial charge >= 0.3 is 0 Å². The number of para-hydroxylation sites is 1. The Hall–Kier alpha value is -1.24. The van der Waals surface area contributed by atoms with Crippen molar-refractivity contribution in [3.63, 3.8) is 0 Å². The van der Waals surface area contributed by atoms with Crippen molar-refractivity contribution < 1.29 is 4.74 Å². The Morgan fingerprint density at radius 1 is 1.31 bits per heavy atom. The zero-order valence-corrected chi connectivity index (χ0v) is 10.2. The molecule has 0 spiro atoms. The van der Waals surface area contributed by atoms with Gasteiger partial charge in [0.1, 0.15) is 5.75 Å². The van der Waals surface area contributed by atoms with Crippen molar-refractivity contribution in [3.8, 4) is 5.75 Å². The van der Waals surface area contributed by atoms with Gasteiger partial charge in [-0.25, -0.2) is 0 Å². The summed E-state index contributed by atoms with van der Waals surface area (Å²) in [6.07, 6.45) is 6.07. The molecule has 86 valence electrons. The molecule has 0 bridgehead atoms. The van der Waals surface area contributed by atoms with Crippen LogP contribution in [0.2, 0.25) is 0 Å². The van der Waals surface area contributed by atoms with Crippen LogP contribution in [0.3, 0.4) is 0 Å². The smallest absolute Gasteiger partial charge is 0.126 e. The molecule has 0 radical (unpaired) electrons. The number of rotatable bonds is 3. The Morgan fingerprint density at radius 3 is 2.81 bits per heavy atom. The minimum absolute atomic E-state index is 0.737. The second-order valence-electron chi connectivity index (χ2n) is 4.54. The van der Waals surface area contributed by atoms with E-state index in [-0.39, 0.29) is 0 Å². The van der Waals surface area contributed by atoms with Crippen LogP contribution in [0.1, 0.15) is 38.7 Å². The van der Waals surface area contributed by atoms with Crippen LogP contribution in [-0.4, -0.2) is 6.61 Å². The van der Waals surface area contributed by atoms with Crippen LogP contribution in [-0.2, 0) is 0 Å². The first kappa shape index (κ1) is 11.3. The van der Waals surface area contributed by atoms with Crippen molar-refractivity contribution in [2.24, 2.45) is 5.92 Å². The van der Waals surface area contributed by atoms with Gasteiger partial charge in [0.15, 0.2) is 0 Å². The maximum absolute atomic E-state index is 5.68. The molecule has 1 heteroatoms. The Bertz CT molecular complexity index is 379. The Morgan fingerprint density at radius 2 is 2.12 bits per heavy atom. The lowest BCUT2D eigenvalue weighted by Crippen LogP contribution is -2.03. The molecule has 0 saturated heterocycles. The first-order valence-electron chi connectivity index (χ1n) is 6.22. The van der Waals surface area contributed by atoms with Crippen LogP contribution in [0.25, 0.3) is 5.57 Å². The Labute approximate surface area is 98.1 Å². The third-order valence-corrected chi connectivity index (χ3v) is 3.21. The molecule has 0 amide bonds. The second kappa shape index (κ2) is 5.20. The molecular formula is C15H20O. The maximum Gasteiger partial charge on any atom is 0.126 e. The van der Waals surface area contributed by atoms with Crippen molar-refractivity contribution >= 4 is 5.57 Å². The fourth-order valence-corrected chi connectivity index (χ4v) is 2.22. The van der Waals surface area contributed by atoms with Crippen LogP contribution < -0.4 is 4.74 Å². The number of benzene rings is 1. The molecule has 1 nitrogen and oxygen atoms in total. The third-order valence-electron chi connectivity index (χ3n) is 3.21. The van der Waals surface area contributed by atoms with Crippen LogP contribution in [0.4, 0.5) is 0 Å². The van der Waals surface area contributed by atoms with Gasteiger partial charge in [-0.1, -0.05) is 31.2 Å². The molecule has 0 saturated carbocycles. The topological polar surface area (TPSA) is 9.23 Å². The largest absolute Gasteiger partial charge is 0.493 e. The van der Waals surface area contributed by atoms with E-state index in [4.69, 9.17) is 4.74 Å². The molecule has 0 aromatic heterocycles. The molecule has 16 heavy (non-hydrogen) atoms. The third kappa shape index (κ3) is 2.46. The van der Waals surface area contributed by atoms with Crippen molar-refractivity contribution in [2.45, 2.75) is 33.1 Å². The quantitative estimate of drug-likeness (QED) is 0.732. The molecule has 1 aromatic carbocycles. The average molecular weight is 216 g/mol. The maximum atomic E-state index is 5.68. The van der Waals surface area contributed by atoms with Crippen LogP contribution in [0, 0.1) is 5.92 Å². The highest BCUT2D eigenvalue weighted by Crippen LogP contribution is 2.34. The van der Waals surface area contributed by atoms with Gasteiger partial charge in [0.2, 0.25) is 0 Å². The summed E-state index contributed by atoms with van der Waals surface area (Å²) in [5.41, 5.74) is 2.75. The molecule has 0 heterocycles. The Balaban J connectivity index is 2.25. The minimum atomic E-state index is 0.737. The zero-order chi connectivity index (χ0) is 11.4. The fraction of sp³-hybridized carbons (Fsp3) is 0.467. The molecule has 0 N–H and O–H groups in total. The standard InChI is InChI=1S/C15H20O/c1-3-16-15-7-5-4-6-14(15)13-10-8-12(2)9-11-13/h4-7,10,12H,3,8-9,11H2,1-2H3. The predicted octanol–water partition coefficient (Wildman–Crippen LogP) is 4.29. The Kier molecular flexibility index (Phi) is 3.66. The summed E-state index contributed by atoms with van der Waals surface area (Å²) in [4.78, 5) is 0. The van der Waals surface area contributed by atoms with Crippen LogP contribution in [0.15, 0.2) is 30.3 Å². The molecule has 1 atom stereocenters. The van der Waals surface area contributed by atoms with Gasteiger partial charge in [-0.05, 0) is 43.7 Å². The van der Waals surface area contributed by atoms with E-state index < -0.39 is 0 Å². The fourth-order valence-electron chi connectivity index (χ4n) is 2.22. The first-order valence-corrected chi connectivity index (χ1v) is 6.22. The van der Waals surface area contributed by atoms with E-state index >= 15 is 0 Å². The zero-order valence-electron chi connectivity index (χ0n) is 10.2. The van der Waals surface area contributed by atoms with E-state index in [0.29, 0.717) is 0 Å². The van der Waals surface area contributed by atoms with Gasteiger partial charge in [-0.15, -0.1) is 0 Å². The van der Waals surface area contributed by atoms with Gasteiger partial charge in [0.05, 0.1) is 6.61 Å². The van der Waals surface area contributed by atoms with Crippen molar-refractivity contribution in [1.82, 2.24) is 0 Å². The highest BCUT2D eigenvalue weighted by atomic mass is 16.5. The summed E-state index contributed by atoms with van der Waals surface area (Å²) < 4.78 is 5.68. The summed E-state index contributed by atoms with van der Waals surface area (Å²) in [6, 6.07) is 8.38. The molecular weight excluding hydrogens is 196 g/mol. The lowest BCUT2D eigenvalue weighted by atomic mass is 9.87. The average Bonchev–Trinajstić information content (AvgIpc) is 2.32. The summed E-state index contributed by atoms with van der Waals surface area (Å²) in [6.45, 7) is 5.09. The van der Waals surface area contributed by atoms with Gasteiger partial charge < -0.3 is 4.74 Å². The molecule has 0 fully saturated rings. The van der Waals surface area contributed by atoms with Gasteiger partial charge in [-0.3, -0.25) is 0 Å². The SMILES string of the molecule is CCOc1ccccc1C1=CCC(C)CC1. The molecule has 1 aromatic rings. The summed E-state index contributed by atoms with van der Waals surface area (Å²) in [7, 11) is 0. The van der Waals surface area contributed by atoms with E-state index in [1.807, 2.05) is 13.0 Å². The van der Waals surface area contributed by atoms with Gasteiger partial charge in [-0.2, -0.15) is 0 Å². The summed E-state index contributed by atoms with van der Waals surface area (Å²) >= 11 is 0. The van der Waals surface area contributed by atoms with Gasteiger partial charge in [0, 0.05) is 5.56 Å². The lowest BCUT2D eigenvalue weighted by Gasteiger charge is -2.20. The van der Waals surface area contributed by atoms with Crippen molar-refractivity contribution in [3.05, 3.63) is 35.9 Å². The highest BCUT2D eigenvalue weighted by Gasteiger charge is 2.14.